The fourth-order valence-corrected chi connectivity index (χ4v) is 3.73. The number of fused-ring (bicyclic) bond motifs is 1. The molecule has 0 saturated carbocycles. The number of benzene rings is 1. The summed E-state index contributed by atoms with van der Waals surface area (Å²) < 4.78 is 5.24. The van der Waals surface area contributed by atoms with Gasteiger partial charge < -0.3 is 20.3 Å². The standard InChI is InChI=1S/C14H16N2.C8H12N4O.H2/c1-2-9-16(10-3-1)13-7-6-12-5-4-8-15-14(12)11-13;9-7-5-8(11-6-10-7)12-1-3-13-4-2-12;/h4-8,11H,1-3,9-10H2;5-6H,1-4H2,(H2,9,10,11);1H. The lowest BCUT2D eigenvalue weighted by Gasteiger charge is -2.28. The zero-order chi connectivity index (χ0) is 19.9. The van der Waals surface area contributed by atoms with E-state index in [2.05, 4.69) is 49.0 Å². The van der Waals surface area contributed by atoms with Gasteiger partial charge in [-0.25, -0.2) is 9.97 Å². The quantitative estimate of drug-likeness (QED) is 0.714. The van der Waals surface area contributed by atoms with Crippen LogP contribution in [0.1, 0.15) is 20.7 Å². The van der Waals surface area contributed by atoms with Gasteiger partial charge in [0.2, 0.25) is 0 Å². The molecular weight excluding hydrogens is 364 g/mol. The van der Waals surface area contributed by atoms with Crippen LogP contribution in [0.25, 0.3) is 10.9 Å². The zero-order valence-electron chi connectivity index (χ0n) is 16.7. The van der Waals surface area contributed by atoms with E-state index in [4.69, 9.17) is 10.5 Å². The third-order valence-electron chi connectivity index (χ3n) is 5.32. The van der Waals surface area contributed by atoms with Gasteiger partial charge in [-0.2, -0.15) is 0 Å². The fraction of sp³-hybridized carbons (Fsp3) is 0.409. The molecule has 0 radical (unpaired) electrons. The summed E-state index contributed by atoms with van der Waals surface area (Å²) in [6.07, 6.45) is 7.37. The van der Waals surface area contributed by atoms with Gasteiger partial charge in [-0.3, -0.25) is 4.98 Å². The highest BCUT2D eigenvalue weighted by Gasteiger charge is 2.12. The first-order valence-electron chi connectivity index (χ1n) is 10.3. The number of nitrogen functional groups attached to an aromatic ring is 1. The van der Waals surface area contributed by atoms with E-state index in [1.54, 1.807) is 6.07 Å². The lowest BCUT2D eigenvalue weighted by molar-refractivity contribution is 0.122. The van der Waals surface area contributed by atoms with Crippen molar-refractivity contribution in [3.63, 3.8) is 0 Å². The van der Waals surface area contributed by atoms with Gasteiger partial charge in [-0.15, -0.1) is 0 Å². The summed E-state index contributed by atoms with van der Waals surface area (Å²) in [5, 5.41) is 1.23. The minimum absolute atomic E-state index is 0. The summed E-state index contributed by atoms with van der Waals surface area (Å²) in [6, 6.07) is 12.5. The highest BCUT2D eigenvalue weighted by molar-refractivity contribution is 5.82. The molecule has 2 aliphatic rings. The van der Waals surface area contributed by atoms with Gasteiger partial charge in [0.1, 0.15) is 18.0 Å². The summed E-state index contributed by atoms with van der Waals surface area (Å²) in [7, 11) is 0. The minimum atomic E-state index is 0. The zero-order valence-corrected chi connectivity index (χ0v) is 16.7. The Morgan fingerprint density at radius 3 is 2.48 bits per heavy atom. The molecule has 2 fully saturated rings. The number of ether oxygens (including phenoxy) is 1. The average molecular weight is 395 g/mol. The highest BCUT2D eigenvalue weighted by Crippen LogP contribution is 2.23. The Labute approximate surface area is 173 Å². The minimum Gasteiger partial charge on any atom is -0.384 e. The molecule has 2 aliphatic heterocycles. The maximum Gasteiger partial charge on any atom is 0.134 e. The van der Waals surface area contributed by atoms with Gasteiger partial charge in [-0.1, -0.05) is 12.1 Å². The number of pyridine rings is 1. The third-order valence-corrected chi connectivity index (χ3v) is 5.32. The molecule has 2 saturated heterocycles. The molecule has 29 heavy (non-hydrogen) atoms. The van der Waals surface area contributed by atoms with Gasteiger partial charge in [0.15, 0.2) is 0 Å². The molecule has 0 spiro atoms. The second-order valence-electron chi connectivity index (χ2n) is 7.33. The number of morpholine rings is 1. The van der Waals surface area contributed by atoms with Crippen molar-refractivity contribution in [2.45, 2.75) is 19.3 Å². The van der Waals surface area contributed by atoms with Gasteiger partial charge in [-0.05, 0) is 37.5 Å². The molecule has 5 rings (SSSR count). The molecule has 7 nitrogen and oxygen atoms in total. The van der Waals surface area contributed by atoms with Gasteiger partial charge in [0.25, 0.3) is 0 Å². The number of nitrogens with zero attached hydrogens (tertiary/aromatic N) is 5. The molecule has 4 heterocycles. The van der Waals surface area contributed by atoms with Crippen LogP contribution >= 0.6 is 0 Å². The van der Waals surface area contributed by atoms with Crippen molar-refractivity contribution in [2.75, 3.05) is 54.9 Å². The molecule has 7 heteroatoms. The predicted octanol–water partition coefficient (Wildman–Crippen LogP) is 3.37. The molecule has 0 atom stereocenters. The van der Waals surface area contributed by atoms with E-state index in [0.717, 1.165) is 37.6 Å². The van der Waals surface area contributed by atoms with E-state index in [0.29, 0.717) is 5.82 Å². The van der Waals surface area contributed by atoms with Crippen molar-refractivity contribution in [3.05, 3.63) is 48.9 Å². The fourth-order valence-electron chi connectivity index (χ4n) is 3.73. The van der Waals surface area contributed by atoms with Crippen LogP contribution in [-0.2, 0) is 4.74 Å². The van der Waals surface area contributed by atoms with Crippen LogP contribution in [0.15, 0.2) is 48.9 Å². The maximum atomic E-state index is 5.56. The molecule has 0 amide bonds. The Balaban J connectivity index is 0.000000169. The number of aromatic nitrogens is 3. The Morgan fingerprint density at radius 1 is 0.862 bits per heavy atom. The van der Waals surface area contributed by atoms with Crippen LogP contribution in [0, 0.1) is 0 Å². The first-order valence-corrected chi connectivity index (χ1v) is 10.3. The first-order chi connectivity index (χ1) is 14.3. The van der Waals surface area contributed by atoms with Crippen LogP contribution < -0.4 is 15.5 Å². The van der Waals surface area contributed by atoms with E-state index in [1.807, 2.05) is 12.3 Å². The van der Waals surface area contributed by atoms with Crippen molar-refractivity contribution in [2.24, 2.45) is 0 Å². The number of anilines is 3. The SMILES string of the molecule is Nc1cc(N2CCOCC2)ncn1.[HH].c1cnc2cc(N3CCCCC3)ccc2c1. The van der Waals surface area contributed by atoms with E-state index < -0.39 is 0 Å². The van der Waals surface area contributed by atoms with Crippen molar-refractivity contribution in [1.82, 2.24) is 15.0 Å². The summed E-state index contributed by atoms with van der Waals surface area (Å²) in [6.45, 7) is 5.64. The Hall–Kier alpha value is -2.93. The topological polar surface area (TPSA) is 80.4 Å². The largest absolute Gasteiger partial charge is 0.384 e. The summed E-state index contributed by atoms with van der Waals surface area (Å²) in [4.78, 5) is 17.0. The Kier molecular flexibility index (Phi) is 6.36. The summed E-state index contributed by atoms with van der Waals surface area (Å²) in [5.74, 6) is 1.40. The van der Waals surface area contributed by atoms with Gasteiger partial charge >= 0.3 is 0 Å². The van der Waals surface area contributed by atoms with Crippen molar-refractivity contribution in [1.29, 1.82) is 0 Å². The average Bonchev–Trinajstić information content (AvgIpc) is 2.80. The van der Waals surface area contributed by atoms with Gasteiger partial charge in [0, 0.05) is 50.9 Å². The smallest absolute Gasteiger partial charge is 0.134 e. The monoisotopic (exact) mass is 394 g/mol. The molecule has 2 aromatic heterocycles. The molecule has 2 N–H and O–H groups in total. The summed E-state index contributed by atoms with van der Waals surface area (Å²) in [5.41, 5.74) is 7.98. The molecule has 3 aromatic rings. The lowest BCUT2D eigenvalue weighted by Crippen LogP contribution is -2.36. The number of rotatable bonds is 2. The number of nitrogens with two attached hydrogens (primary N) is 1. The molecule has 0 unspecified atom stereocenters. The Bertz CT molecular complexity index is 928. The molecule has 0 bridgehead atoms. The highest BCUT2D eigenvalue weighted by atomic mass is 16.5. The molecule has 0 aliphatic carbocycles. The second kappa shape index (κ2) is 9.52. The van der Waals surface area contributed by atoms with Crippen molar-refractivity contribution in [3.8, 4) is 0 Å². The van der Waals surface area contributed by atoms with Crippen LogP contribution in [0.3, 0.4) is 0 Å². The van der Waals surface area contributed by atoms with Crippen molar-refractivity contribution < 1.29 is 6.16 Å². The Morgan fingerprint density at radius 2 is 1.69 bits per heavy atom. The number of piperidine rings is 1. The van der Waals surface area contributed by atoms with Crippen LogP contribution in [0.4, 0.5) is 17.3 Å². The molecular formula is C22H30N6O. The van der Waals surface area contributed by atoms with E-state index in [-0.39, 0.29) is 1.43 Å². The van der Waals surface area contributed by atoms with Gasteiger partial charge in [0.05, 0.1) is 18.7 Å². The summed E-state index contributed by atoms with van der Waals surface area (Å²) >= 11 is 0. The maximum absolute atomic E-state index is 5.56. The van der Waals surface area contributed by atoms with Crippen LogP contribution in [0.5, 0.6) is 0 Å². The second-order valence-corrected chi connectivity index (χ2v) is 7.33. The van der Waals surface area contributed by atoms with E-state index in [9.17, 15) is 0 Å². The number of hydrogen-bond acceptors (Lipinski definition) is 7. The van der Waals surface area contributed by atoms with Crippen molar-refractivity contribution >= 4 is 28.2 Å². The lowest BCUT2D eigenvalue weighted by atomic mass is 10.1. The molecule has 1 aromatic carbocycles. The van der Waals surface area contributed by atoms with E-state index in [1.165, 1.54) is 49.8 Å². The normalized spacial score (nSPS) is 17.0. The number of hydrogen-bond donors (Lipinski definition) is 1. The van der Waals surface area contributed by atoms with Crippen LogP contribution in [0.2, 0.25) is 0 Å². The van der Waals surface area contributed by atoms with E-state index >= 15 is 0 Å². The predicted molar refractivity (Wildman–Crippen MR) is 119 cm³/mol. The van der Waals surface area contributed by atoms with Crippen LogP contribution in [-0.4, -0.2) is 54.3 Å². The third kappa shape index (κ3) is 5.12. The first kappa shape index (κ1) is 19.4. The molecule has 154 valence electrons.